The summed E-state index contributed by atoms with van der Waals surface area (Å²) in [6.07, 6.45) is -0.724. The van der Waals surface area contributed by atoms with Crippen LogP contribution in [-0.4, -0.2) is 98.9 Å². The van der Waals surface area contributed by atoms with Crippen molar-refractivity contribution in [2.45, 2.75) is 31.3 Å². The second-order valence-electron chi connectivity index (χ2n) is 6.92. The summed E-state index contributed by atoms with van der Waals surface area (Å²) in [5.74, 6) is 0. The zero-order valence-corrected chi connectivity index (χ0v) is 19.5. The van der Waals surface area contributed by atoms with E-state index in [-0.39, 0.29) is 53.1 Å². The predicted molar refractivity (Wildman–Crippen MR) is 115 cm³/mol. The van der Waals surface area contributed by atoms with E-state index in [2.05, 4.69) is 0 Å². The van der Waals surface area contributed by atoms with Gasteiger partial charge in [-0.2, -0.15) is 0 Å². The van der Waals surface area contributed by atoms with Gasteiger partial charge in [0.2, 0.25) is 0 Å². The minimum Gasteiger partial charge on any atom is -0.392 e. The fourth-order valence-electron chi connectivity index (χ4n) is 2.85. The monoisotopic (exact) mass is 462 g/mol. The van der Waals surface area contributed by atoms with Gasteiger partial charge in [-0.05, 0) is 11.1 Å². The van der Waals surface area contributed by atoms with Gasteiger partial charge in [-0.15, -0.1) is 0 Å². The van der Waals surface area contributed by atoms with Crippen LogP contribution in [0.25, 0.3) is 0 Å². The Morgan fingerprint density at radius 3 is 1.69 bits per heavy atom. The molecule has 0 aromatic heterocycles. The normalized spacial score (nSPS) is 14.4. The highest BCUT2D eigenvalue weighted by molar-refractivity contribution is 5.22. The van der Waals surface area contributed by atoms with E-state index in [1.807, 2.05) is 24.3 Å². The highest BCUT2D eigenvalue weighted by Crippen LogP contribution is 2.15. The maximum atomic E-state index is 9.27. The van der Waals surface area contributed by atoms with Crippen molar-refractivity contribution in [1.29, 1.82) is 0 Å². The van der Waals surface area contributed by atoms with Crippen LogP contribution in [-0.2, 0) is 55.7 Å². The Balaban J connectivity index is 2.93. The van der Waals surface area contributed by atoms with Crippen LogP contribution in [0.2, 0.25) is 0 Å². The Kier molecular flexibility index (Phi) is 17.4. The van der Waals surface area contributed by atoms with Gasteiger partial charge in [0.05, 0.1) is 32.5 Å². The number of methoxy groups -OCH3 is 4. The lowest BCUT2D eigenvalue weighted by molar-refractivity contribution is -0.199. The Hall–Kier alpha value is -1.18. The van der Waals surface area contributed by atoms with Crippen molar-refractivity contribution in [2.75, 3.05) is 75.4 Å². The predicted octanol–water partition coefficient (Wildman–Crippen LogP) is 1.33. The van der Waals surface area contributed by atoms with Crippen LogP contribution in [0.5, 0.6) is 0 Å². The van der Waals surface area contributed by atoms with Gasteiger partial charge < -0.3 is 47.7 Å². The lowest BCUT2D eigenvalue weighted by Gasteiger charge is -2.31. The van der Waals surface area contributed by atoms with E-state index in [4.69, 9.17) is 42.6 Å². The van der Waals surface area contributed by atoms with Gasteiger partial charge in [0, 0.05) is 34.9 Å². The molecular weight excluding hydrogens is 424 g/mol. The summed E-state index contributed by atoms with van der Waals surface area (Å²) in [6.45, 7) is 1.17. The number of hydrogen-bond donors (Lipinski definition) is 1. The molecule has 0 amide bonds. The highest BCUT2D eigenvalue weighted by Gasteiger charge is 2.28. The average molecular weight is 463 g/mol. The molecule has 1 unspecified atom stereocenters. The molecule has 186 valence electrons. The summed E-state index contributed by atoms with van der Waals surface area (Å²) in [7, 11) is 6.20. The first kappa shape index (κ1) is 28.9. The van der Waals surface area contributed by atoms with Gasteiger partial charge in [-0.1, -0.05) is 24.3 Å². The third-order valence-electron chi connectivity index (χ3n) is 4.32. The van der Waals surface area contributed by atoms with Gasteiger partial charge in [0.1, 0.15) is 39.4 Å². The first-order chi connectivity index (χ1) is 15.7. The number of hydrogen-bond acceptors (Lipinski definition) is 10. The van der Waals surface area contributed by atoms with E-state index in [9.17, 15) is 5.11 Å². The fraction of sp³-hybridized carbons (Fsp3) is 0.727. The number of benzene rings is 1. The van der Waals surface area contributed by atoms with Crippen LogP contribution in [0, 0.1) is 0 Å². The summed E-state index contributed by atoms with van der Waals surface area (Å²) in [4.78, 5) is 0. The van der Waals surface area contributed by atoms with Crippen molar-refractivity contribution < 1.29 is 47.7 Å². The molecule has 0 fully saturated rings. The maximum absolute atomic E-state index is 9.27. The zero-order valence-electron chi connectivity index (χ0n) is 19.5. The van der Waals surface area contributed by atoms with Crippen molar-refractivity contribution in [3.63, 3.8) is 0 Å². The van der Waals surface area contributed by atoms with E-state index >= 15 is 0 Å². The smallest absolute Gasteiger partial charge is 0.146 e. The third kappa shape index (κ3) is 12.8. The Morgan fingerprint density at radius 2 is 1.16 bits per heavy atom. The molecule has 1 aromatic carbocycles. The first-order valence-corrected chi connectivity index (χ1v) is 10.3. The SMILES string of the molecule is COCOCC(O[C@H](COCOC)Cc1ccc(CO)cc1)[C@H](COCOC)OCOC. The summed E-state index contributed by atoms with van der Waals surface area (Å²) >= 11 is 0. The van der Waals surface area contributed by atoms with Crippen LogP contribution in [0.1, 0.15) is 11.1 Å². The molecule has 10 heteroatoms. The quantitative estimate of drug-likeness (QED) is 0.213. The minimum atomic E-state index is -0.495. The van der Waals surface area contributed by atoms with Crippen molar-refractivity contribution in [3.8, 4) is 0 Å². The standard InChI is InChI=1S/C22H38O10/c1-24-14-28-11-20(9-18-5-7-19(10-23)8-6-18)32-22(13-30-16-26-3)21(31-17-27-4)12-29-15-25-2/h5-8,20-23H,9-17H2,1-4H3/t20-,21-,22?/m0/s1. The molecule has 0 aliphatic rings. The number of aliphatic hydroxyl groups is 1. The Bertz CT molecular complexity index is 542. The second kappa shape index (κ2) is 19.3. The molecule has 0 heterocycles. The molecule has 0 spiro atoms. The molecule has 0 aliphatic carbocycles. The van der Waals surface area contributed by atoms with Crippen molar-refractivity contribution in [1.82, 2.24) is 0 Å². The van der Waals surface area contributed by atoms with Crippen LogP contribution in [0.15, 0.2) is 24.3 Å². The van der Waals surface area contributed by atoms with E-state index in [1.54, 1.807) is 28.4 Å². The molecule has 0 saturated heterocycles. The summed E-state index contributed by atoms with van der Waals surface area (Å²) in [6, 6.07) is 7.67. The third-order valence-corrected chi connectivity index (χ3v) is 4.32. The van der Waals surface area contributed by atoms with Gasteiger partial charge in [0.15, 0.2) is 0 Å². The maximum Gasteiger partial charge on any atom is 0.146 e. The van der Waals surface area contributed by atoms with Crippen molar-refractivity contribution >= 4 is 0 Å². The molecule has 0 bridgehead atoms. The van der Waals surface area contributed by atoms with Crippen LogP contribution in [0.3, 0.4) is 0 Å². The summed E-state index contributed by atoms with van der Waals surface area (Å²) in [5.41, 5.74) is 1.88. The largest absolute Gasteiger partial charge is 0.392 e. The van der Waals surface area contributed by atoms with E-state index in [0.717, 1.165) is 11.1 Å². The fourth-order valence-corrected chi connectivity index (χ4v) is 2.85. The highest BCUT2D eigenvalue weighted by atomic mass is 16.7. The lowest BCUT2D eigenvalue weighted by atomic mass is 10.1. The van der Waals surface area contributed by atoms with Crippen LogP contribution >= 0.6 is 0 Å². The molecule has 10 nitrogen and oxygen atoms in total. The molecule has 32 heavy (non-hydrogen) atoms. The molecular formula is C22H38O10. The van der Waals surface area contributed by atoms with Gasteiger partial charge in [-0.3, -0.25) is 0 Å². The summed E-state index contributed by atoms with van der Waals surface area (Å²) in [5, 5.41) is 9.27. The van der Waals surface area contributed by atoms with Gasteiger partial charge in [-0.25, -0.2) is 0 Å². The Morgan fingerprint density at radius 1 is 0.656 bits per heavy atom. The van der Waals surface area contributed by atoms with E-state index in [1.165, 1.54) is 0 Å². The lowest BCUT2D eigenvalue weighted by Crippen LogP contribution is -2.43. The van der Waals surface area contributed by atoms with Crippen molar-refractivity contribution in [2.24, 2.45) is 0 Å². The first-order valence-electron chi connectivity index (χ1n) is 10.3. The van der Waals surface area contributed by atoms with Crippen LogP contribution < -0.4 is 0 Å². The molecule has 0 radical (unpaired) electrons. The van der Waals surface area contributed by atoms with Crippen LogP contribution in [0.4, 0.5) is 0 Å². The second-order valence-corrected chi connectivity index (χ2v) is 6.92. The molecule has 1 rings (SSSR count). The minimum absolute atomic E-state index is 0.00391. The zero-order chi connectivity index (χ0) is 23.4. The number of rotatable bonds is 21. The number of aliphatic hydroxyl groups excluding tert-OH is 1. The van der Waals surface area contributed by atoms with E-state index in [0.29, 0.717) is 13.0 Å². The number of ether oxygens (including phenoxy) is 9. The molecule has 1 N–H and O–H groups in total. The van der Waals surface area contributed by atoms with Gasteiger partial charge in [0.25, 0.3) is 0 Å². The topological polar surface area (TPSA) is 103 Å². The molecule has 1 aromatic rings. The van der Waals surface area contributed by atoms with Crippen molar-refractivity contribution in [3.05, 3.63) is 35.4 Å². The Labute approximate surface area is 190 Å². The average Bonchev–Trinajstić information content (AvgIpc) is 2.81. The van der Waals surface area contributed by atoms with E-state index < -0.39 is 12.2 Å². The summed E-state index contributed by atoms with van der Waals surface area (Å²) < 4.78 is 48.9. The molecule has 0 aliphatic heterocycles. The van der Waals surface area contributed by atoms with Gasteiger partial charge >= 0.3 is 0 Å². The molecule has 0 saturated carbocycles. The molecule has 3 atom stereocenters.